The van der Waals surface area contributed by atoms with E-state index in [0.717, 1.165) is 5.69 Å². The summed E-state index contributed by atoms with van der Waals surface area (Å²) in [7, 11) is 3.14. The van der Waals surface area contributed by atoms with Crippen LogP contribution < -0.4 is 15.4 Å². The average Bonchev–Trinajstić information content (AvgIpc) is 2.27. The Kier molecular flexibility index (Phi) is 4.24. The lowest BCUT2D eigenvalue weighted by molar-refractivity contribution is -0.118. The molecule has 2 N–H and O–H groups in total. The Morgan fingerprint density at radius 3 is 2.87 bits per heavy atom. The third-order valence-corrected chi connectivity index (χ3v) is 2.20. The maximum atomic E-state index is 11.0. The van der Waals surface area contributed by atoms with Gasteiger partial charge < -0.3 is 15.4 Å². The van der Waals surface area contributed by atoms with E-state index >= 15 is 0 Å². The van der Waals surface area contributed by atoms with Crippen LogP contribution in [-0.2, 0) is 4.79 Å². The standard InChI is InChI=1S/C10H13ClN2O2/c1-12-10(14)6-13-7-3-4-8(11)9(5-7)15-2/h3-5,13H,6H2,1-2H3,(H,12,14). The Balaban J connectivity index is 2.66. The highest BCUT2D eigenvalue weighted by molar-refractivity contribution is 6.32. The zero-order valence-corrected chi connectivity index (χ0v) is 9.39. The summed E-state index contributed by atoms with van der Waals surface area (Å²) < 4.78 is 5.05. The smallest absolute Gasteiger partial charge is 0.239 e. The SMILES string of the molecule is CNC(=O)CNc1ccc(Cl)c(OC)c1. The van der Waals surface area contributed by atoms with E-state index in [9.17, 15) is 4.79 Å². The number of nitrogens with one attached hydrogen (secondary N) is 2. The van der Waals surface area contributed by atoms with Crippen molar-refractivity contribution in [2.24, 2.45) is 0 Å². The number of methoxy groups -OCH3 is 1. The summed E-state index contributed by atoms with van der Waals surface area (Å²) in [6.07, 6.45) is 0. The van der Waals surface area contributed by atoms with Gasteiger partial charge in [0.25, 0.3) is 0 Å². The quantitative estimate of drug-likeness (QED) is 0.821. The van der Waals surface area contributed by atoms with Crippen LogP contribution in [-0.4, -0.2) is 26.6 Å². The minimum absolute atomic E-state index is 0.0797. The highest BCUT2D eigenvalue weighted by Crippen LogP contribution is 2.27. The van der Waals surface area contributed by atoms with Gasteiger partial charge in [-0.3, -0.25) is 4.79 Å². The first-order chi connectivity index (χ1) is 7.17. The zero-order valence-electron chi connectivity index (χ0n) is 8.63. The monoisotopic (exact) mass is 228 g/mol. The minimum atomic E-state index is -0.0797. The highest BCUT2D eigenvalue weighted by Gasteiger charge is 2.02. The molecular weight excluding hydrogens is 216 g/mol. The lowest BCUT2D eigenvalue weighted by Crippen LogP contribution is -2.26. The molecule has 0 bridgehead atoms. The summed E-state index contributed by atoms with van der Waals surface area (Å²) in [6.45, 7) is 0.223. The van der Waals surface area contributed by atoms with Crippen LogP contribution in [0.1, 0.15) is 0 Å². The third-order valence-electron chi connectivity index (χ3n) is 1.88. The molecule has 1 aromatic carbocycles. The Labute approximate surface area is 93.6 Å². The average molecular weight is 229 g/mol. The number of halogens is 1. The molecule has 0 unspecified atom stereocenters. The number of hydrogen-bond acceptors (Lipinski definition) is 3. The molecule has 0 saturated carbocycles. The topological polar surface area (TPSA) is 50.4 Å². The van der Waals surface area contributed by atoms with Gasteiger partial charge in [0.1, 0.15) is 5.75 Å². The molecule has 0 spiro atoms. The third kappa shape index (κ3) is 3.32. The number of amides is 1. The first kappa shape index (κ1) is 11.7. The predicted octanol–water partition coefficient (Wildman–Crippen LogP) is 1.51. The van der Waals surface area contributed by atoms with E-state index in [0.29, 0.717) is 10.8 Å². The summed E-state index contributed by atoms with van der Waals surface area (Å²) in [6, 6.07) is 5.24. The maximum Gasteiger partial charge on any atom is 0.239 e. The molecular formula is C10H13ClN2O2. The Bertz CT molecular complexity index is 355. The van der Waals surface area contributed by atoms with Crippen LogP contribution in [0, 0.1) is 0 Å². The van der Waals surface area contributed by atoms with Gasteiger partial charge in [-0.2, -0.15) is 0 Å². The van der Waals surface area contributed by atoms with Gasteiger partial charge in [0.05, 0.1) is 18.7 Å². The zero-order chi connectivity index (χ0) is 11.3. The summed E-state index contributed by atoms with van der Waals surface area (Å²) in [5, 5.41) is 6.01. The van der Waals surface area contributed by atoms with Crippen molar-refractivity contribution in [3.8, 4) is 5.75 Å². The molecule has 5 heteroatoms. The molecule has 0 heterocycles. The molecule has 15 heavy (non-hydrogen) atoms. The highest BCUT2D eigenvalue weighted by atomic mass is 35.5. The molecule has 0 aliphatic heterocycles. The number of benzene rings is 1. The first-order valence-corrected chi connectivity index (χ1v) is 4.83. The summed E-state index contributed by atoms with van der Waals surface area (Å²) in [5.74, 6) is 0.502. The molecule has 82 valence electrons. The Morgan fingerprint density at radius 2 is 2.27 bits per heavy atom. The Morgan fingerprint density at radius 1 is 1.53 bits per heavy atom. The van der Waals surface area contributed by atoms with Gasteiger partial charge >= 0.3 is 0 Å². The fraction of sp³-hybridized carbons (Fsp3) is 0.300. The second kappa shape index (κ2) is 5.46. The van der Waals surface area contributed by atoms with Crippen molar-refractivity contribution in [2.45, 2.75) is 0 Å². The fourth-order valence-electron chi connectivity index (χ4n) is 1.04. The molecule has 0 aliphatic rings. The predicted molar refractivity (Wildman–Crippen MR) is 60.6 cm³/mol. The molecule has 1 amide bonds. The van der Waals surface area contributed by atoms with E-state index in [2.05, 4.69) is 10.6 Å². The van der Waals surface area contributed by atoms with Crippen LogP contribution in [0.2, 0.25) is 5.02 Å². The Hall–Kier alpha value is -1.42. The van der Waals surface area contributed by atoms with Crippen molar-refractivity contribution >= 4 is 23.2 Å². The van der Waals surface area contributed by atoms with Crippen LogP contribution in [0.3, 0.4) is 0 Å². The lowest BCUT2D eigenvalue weighted by atomic mass is 10.3. The van der Waals surface area contributed by atoms with E-state index in [-0.39, 0.29) is 12.5 Å². The second-order valence-electron chi connectivity index (χ2n) is 2.88. The number of ether oxygens (including phenoxy) is 1. The molecule has 0 aliphatic carbocycles. The number of carbonyl (C=O) groups is 1. The van der Waals surface area contributed by atoms with Crippen molar-refractivity contribution in [2.75, 3.05) is 26.0 Å². The largest absolute Gasteiger partial charge is 0.495 e. The van der Waals surface area contributed by atoms with E-state index in [4.69, 9.17) is 16.3 Å². The molecule has 0 saturated heterocycles. The summed E-state index contributed by atoms with van der Waals surface area (Å²) in [4.78, 5) is 11.0. The van der Waals surface area contributed by atoms with Gasteiger partial charge in [-0.25, -0.2) is 0 Å². The normalized spacial score (nSPS) is 9.53. The molecule has 1 aromatic rings. The van der Waals surface area contributed by atoms with E-state index in [1.54, 1.807) is 32.4 Å². The van der Waals surface area contributed by atoms with Crippen LogP contribution in [0.4, 0.5) is 5.69 Å². The number of carbonyl (C=O) groups excluding carboxylic acids is 1. The van der Waals surface area contributed by atoms with Gasteiger partial charge in [0.15, 0.2) is 0 Å². The van der Waals surface area contributed by atoms with Crippen molar-refractivity contribution < 1.29 is 9.53 Å². The van der Waals surface area contributed by atoms with Crippen molar-refractivity contribution in [3.63, 3.8) is 0 Å². The van der Waals surface area contributed by atoms with Gasteiger partial charge in [-0.15, -0.1) is 0 Å². The van der Waals surface area contributed by atoms with Crippen LogP contribution in [0.25, 0.3) is 0 Å². The van der Waals surface area contributed by atoms with Gasteiger partial charge in [0.2, 0.25) is 5.91 Å². The molecule has 1 rings (SSSR count). The summed E-state index contributed by atoms with van der Waals surface area (Å²) in [5.41, 5.74) is 0.792. The second-order valence-corrected chi connectivity index (χ2v) is 3.28. The minimum Gasteiger partial charge on any atom is -0.495 e. The molecule has 0 radical (unpaired) electrons. The number of likely N-dealkylation sites (N-methyl/N-ethyl adjacent to an activating group) is 1. The molecule has 4 nitrogen and oxygen atoms in total. The number of hydrogen-bond donors (Lipinski definition) is 2. The molecule has 0 aromatic heterocycles. The van der Waals surface area contributed by atoms with Crippen molar-refractivity contribution in [3.05, 3.63) is 23.2 Å². The maximum absolute atomic E-state index is 11.0. The first-order valence-electron chi connectivity index (χ1n) is 4.45. The van der Waals surface area contributed by atoms with Crippen LogP contribution in [0.15, 0.2) is 18.2 Å². The van der Waals surface area contributed by atoms with E-state index in [1.165, 1.54) is 0 Å². The van der Waals surface area contributed by atoms with Crippen molar-refractivity contribution in [1.29, 1.82) is 0 Å². The van der Waals surface area contributed by atoms with Gasteiger partial charge in [-0.1, -0.05) is 11.6 Å². The number of anilines is 1. The lowest BCUT2D eigenvalue weighted by Gasteiger charge is -2.08. The van der Waals surface area contributed by atoms with Gasteiger partial charge in [0, 0.05) is 18.8 Å². The molecule has 0 fully saturated rings. The van der Waals surface area contributed by atoms with Crippen molar-refractivity contribution in [1.82, 2.24) is 5.32 Å². The van der Waals surface area contributed by atoms with Crippen LogP contribution in [0.5, 0.6) is 5.75 Å². The molecule has 0 atom stereocenters. The fourth-order valence-corrected chi connectivity index (χ4v) is 1.24. The van der Waals surface area contributed by atoms with Gasteiger partial charge in [-0.05, 0) is 12.1 Å². The van der Waals surface area contributed by atoms with E-state index < -0.39 is 0 Å². The summed E-state index contributed by atoms with van der Waals surface area (Å²) >= 11 is 5.85. The van der Waals surface area contributed by atoms with Crippen LogP contribution >= 0.6 is 11.6 Å². The van der Waals surface area contributed by atoms with E-state index in [1.807, 2.05) is 0 Å². The number of rotatable bonds is 4.